The van der Waals surface area contributed by atoms with Crippen molar-refractivity contribution in [2.75, 3.05) is 0 Å². The number of Topliss-reactive ketones (excluding diaryl/α,β-unsaturated/α-hetero) is 1. The zero-order chi connectivity index (χ0) is 25.7. The molecular formula is C27H40N4O3. The zero-order valence-electron chi connectivity index (χ0n) is 21.4. The van der Waals surface area contributed by atoms with Gasteiger partial charge in [-0.15, -0.1) is 0 Å². The number of nitrogens with two attached hydrogens (primary N) is 1. The minimum atomic E-state index is -0.549. The highest BCUT2D eigenvalue weighted by Gasteiger charge is 2.23. The first-order valence-electron chi connectivity index (χ1n) is 11.9. The van der Waals surface area contributed by atoms with Crippen LogP contribution < -0.4 is 5.73 Å². The highest BCUT2D eigenvalue weighted by molar-refractivity contribution is 5.84. The Morgan fingerprint density at radius 2 is 1.82 bits per heavy atom. The molecular weight excluding hydrogens is 428 g/mol. The molecule has 2 N–H and O–H groups in total. The van der Waals surface area contributed by atoms with Gasteiger partial charge in [-0.05, 0) is 68.0 Å². The number of allylic oxidation sites excluding steroid dienone is 2. The van der Waals surface area contributed by atoms with Gasteiger partial charge in [0.25, 0.3) is 0 Å². The van der Waals surface area contributed by atoms with Crippen LogP contribution in [0.15, 0.2) is 47.6 Å². The Hall–Kier alpha value is -2.89. The molecule has 1 aromatic rings. The number of nitrogens with zero attached hydrogens (tertiary/aromatic N) is 3. The second-order valence-corrected chi connectivity index (χ2v) is 10.2. The first kappa shape index (κ1) is 29.1. The molecule has 7 heteroatoms. The third-order valence-electron chi connectivity index (χ3n) is 5.33. The van der Waals surface area contributed by atoms with E-state index in [0.717, 1.165) is 11.1 Å². The van der Waals surface area contributed by atoms with Gasteiger partial charge >= 0.3 is 5.97 Å². The Balaban J connectivity index is 2.91. The molecule has 0 aromatic heterocycles. The monoisotopic (exact) mass is 468 g/mol. The van der Waals surface area contributed by atoms with E-state index in [1.165, 1.54) is 6.08 Å². The lowest BCUT2D eigenvalue weighted by molar-refractivity contribution is -0.148. The van der Waals surface area contributed by atoms with Crippen LogP contribution in [0.4, 0.5) is 0 Å². The molecule has 0 saturated heterocycles. The summed E-state index contributed by atoms with van der Waals surface area (Å²) in [5.41, 5.74) is 16.0. The van der Waals surface area contributed by atoms with Crippen molar-refractivity contribution in [2.45, 2.75) is 79.0 Å². The Labute approximate surface area is 204 Å². The molecule has 0 heterocycles. The molecule has 1 rings (SSSR count). The van der Waals surface area contributed by atoms with Crippen molar-refractivity contribution in [1.29, 1.82) is 0 Å². The molecule has 0 fully saturated rings. The van der Waals surface area contributed by atoms with E-state index in [-0.39, 0.29) is 17.6 Å². The smallest absolute Gasteiger partial charge is 0.330 e. The SMILES string of the molecule is CC(C)C[C@H](N)C(=O)C[C@@H](C/C=C/C(=O)OC(C)(C)C)[C@H](C)/C=C/c1ccc(CN=[N+]=[N-])cc1. The third-order valence-corrected chi connectivity index (χ3v) is 5.33. The predicted molar refractivity (Wildman–Crippen MR) is 138 cm³/mol. The van der Waals surface area contributed by atoms with Crippen LogP contribution in [0.25, 0.3) is 16.5 Å². The number of hydrogen-bond donors (Lipinski definition) is 1. The first-order chi connectivity index (χ1) is 15.9. The van der Waals surface area contributed by atoms with Crippen LogP contribution in [-0.2, 0) is 20.9 Å². The van der Waals surface area contributed by atoms with E-state index in [2.05, 4.69) is 36.9 Å². The standard InChI is InChI=1S/C27H40N4O3/c1-19(2)16-24(28)25(32)17-23(8-7-9-26(33)34-27(4,5)6)20(3)10-11-21-12-14-22(15-13-21)18-30-31-29/h7,9-15,19-20,23-24H,8,16-18,28H2,1-6H3/b9-7+,11-10+/t20-,23-,24+/m1/s1. The third kappa shape index (κ3) is 12.4. The number of carbonyl (C=O) groups is 2. The Kier molecular flexibility index (Phi) is 12.3. The van der Waals surface area contributed by atoms with Gasteiger partial charge in [-0.1, -0.05) is 68.4 Å². The van der Waals surface area contributed by atoms with E-state index >= 15 is 0 Å². The van der Waals surface area contributed by atoms with E-state index in [9.17, 15) is 9.59 Å². The van der Waals surface area contributed by atoms with Crippen molar-refractivity contribution in [2.24, 2.45) is 28.6 Å². The maximum absolute atomic E-state index is 12.8. The van der Waals surface area contributed by atoms with E-state index in [0.29, 0.717) is 31.7 Å². The summed E-state index contributed by atoms with van der Waals surface area (Å²) in [6, 6.07) is 7.31. The second kappa shape index (κ2) is 14.4. The van der Waals surface area contributed by atoms with Gasteiger partial charge in [0.15, 0.2) is 0 Å². The van der Waals surface area contributed by atoms with Crippen molar-refractivity contribution in [3.8, 4) is 0 Å². The van der Waals surface area contributed by atoms with Crippen molar-refractivity contribution < 1.29 is 14.3 Å². The molecule has 3 atom stereocenters. The summed E-state index contributed by atoms with van der Waals surface area (Å²) >= 11 is 0. The van der Waals surface area contributed by atoms with Gasteiger partial charge in [-0.25, -0.2) is 4.79 Å². The van der Waals surface area contributed by atoms with Crippen LogP contribution in [0.5, 0.6) is 0 Å². The van der Waals surface area contributed by atoms with Crippen LogP contribution in [-0.4, -0.2) is 23.4 Å². The molecule has 0 aliphatic rings. The molecule has 1 aromatic carbocycles. The van der Waals surface area contributed by atoms with Gasteiger partial charge < -0.3 is 10.5 Å². The predicted octanol–water partition coefficient (Wildman–Crippen LogP) is 6.38. The lowest BCUT2D eigenvalue weighted by Crippen LogP contribution is -2.33. The fourth-order valence-electron chi connectivity index (χ4n) is 3.48. The summed E-state index contributed by atoms with van der Waals surface area (Å²) in [6.45, 7) is 12.0. The Morgan fingerprint density at radius 3 is 2.38 bits per heavy atom. The molecule has 0 saturated carbocycles. The molecule has 34 heavy (non-hydrogen) atoms. The molecule has 0 aliphatic carbocycles. The Bertz CT molecular complexity index is 891. The summed E-state index contributed by atoms with van der Waals surface area (Å²) in [7, 11) is 0. The number of azide groups is 1. The van der Waals surface area contributed by atoms with Crippen molar-refractivity contribution >= 4 is 17.8 Å². The quantitative estimate of drug-likeness (QED) is 0.119. The fraction of sp³-hybridized carbons (Fsp3) is 0.556. The van der Waals surface area contributed by atoms with Crippen LogP contribution >= 0.6 is 0 Å². The largest absolute Gasteiger partial charge is 0.457 e. The first-order valence-corrected chi connectivity index (χ1v) is 11.9. The van der Waals surface area contributed by atoms with Crippen LogP contribution in [0.1, 0.15) is 71.9 Å². The van der Waals surface area contributed by atoms with Gasteiger partial charge in [-0.3, -0.25) is 4.79 Å². The molecule has 0 aliphatic heterocycles. The molecule has 0 spiro atoms. The van der Waals surface area contributed by atoms with E-state index in [1.807, 2.05) is 51.1 Å². The maximum Gasteiger partial charge on any atom is 0.330 e. The van der Waals surface area contributed by atoms with Gasteiger partial charge in [0.2, 0.25) is 0 Å². The minimum Gasteiger partial charge on any atom is -0.457 e. The van der Waals surface area contributed by atoms with Crippen LogP contribution in [0.3, 0.4) is 0 Å². The molecule has 7 nitrogen and oxygen atoms in total. The summed E-state index contributed by atoms with van der Waals surface area (Å²) in [4.78, 5) is 27.6. The Morgan fingerprint density at radius 1 is 1.18 bits per heavy atom. The summed E-state index contributed by atoms with van der Waals surface area (Å²) in [5.74, 6) is 0.0972. The van der Waals surface area contributed by atoms with Crippen molar-refractivity contribution in [3.05, 3.63) is 64.1 Å². The van der Waals surface area contributed by atoms with Crippen LogP contribution in [0, 0.1) is 17.8 Å². The summed E-state index contributed by atoms with van der Waals surface area (Å²) < 4.78 is 5.33. The van der Waals surface area contributed by atoms with Gasteiger partial charge in [0.05, 0.1) is 12.6 Å². The molecule has 0 radical (unpaired) electrons. The van der Waals surface area contributed by atoms with Crippen LogP contribution in [0.2, 0.25) is 0 Å². The molecule has 0 amide bonds. The fourth-order valence-corrected chi connectivity index (χ4v) is 3.48. The van der Waals surface area contributed by atoms with Gasteiger partial charge in [0, 0.05) is 17.4 Å². The lowest BCUT2D eigenvalue weighted by Gasteiger charge is -2.22. The number of ketones is 1. The summed E-state index contributed by atoms with van der Waals surface area (Å²) in [5, 5.41) is 3.57. The van der Waals surface area contributed by atoms with Crippen molar-refractivity contribution in [1.82, 2.24) is 0 Å². The summed E-state index contributed by atoms with van der Waals surface area (Å²) in [6.07, 6.45) is 8.90. The topological polar surface area (TPSA) is 118 Å². The number of ether oxygens (including phenoxy) is 1. The lowest BCUT2D eigenvalue weighted by atomic mass is 9.83. The number of benzene rings is 1. The number of carbonyl (C=O) groups excluding carboxylic acids is 2. The second-order valence-electron chi connectivity index (χ2n) is 10.2. The van der Waals surface area contributed by atoms with E-state index in [4.69, 9.17) is 16.0 Å². The van der Waals surface area contributed by atoms with Gasteiger partial charge in [0.1, 0.15) is 11.4 Å². The molecule has 186 valence electrons. The highest BCUT2D eigenvalue weighted by atomic mass is 16.6. The minimum absolute atomic E-state index is 0.00453. The average Bonchev–Trinajstić information content (AvgIpc) is 2.74. The number of rotatable bonds is 13. The number of hydrogen-bond acceptors (Lipinski definition) is 5. The van der Waals surface area contributed by atoms with E-state index in [1.54, 1.807) is 6.08 Å². The van der Waals surface area contributed by atoms with Gasteiger partial charge in [-0.2, -0.15) is 0 Å². The molecule has 0 unspecified atom stereocenters. The highest BCUT2D eigenvalue weighted by Crippen LogP contribution is 2.25. The van der Waals surface area contributed by atoms with Crippen molar-refractivity contribution in [3.63, 3.8) is 0 Å². The average molecular weight is 469 g/mol. The molecule has 0 bridgehead atoms. The zero-order valence-corrected chi connectivity index (χ0v) is 21.4. The van der Waals surface area contributed by atoms with E-state index < -0.39 is 17.6 Å². The maximum atomic E-state index is 12.8. The normalized spacial score (nSPS) is 14.7. The number of esters is 1.